The van der Waals surface area contributed by atoms with Gasteiger partial charge in [-0.2, -0.15) is 5.10 Å². The highest BCUT2D eigenvalue weighted by molar-refractivity contribution is 7.92. The van der Waals surface area contributed by atoms with E-state index in [2.05, 4.69) is 14.9 Å². The molecule has 0 aliphatic carbocycles. The summed E-state index contributed by atoms with van der Waals surface area (Å²) in [5, 5.41) is 6.36. The summed E-state index contributed by atoms with van der Waals surface area (Å²) >= 11 is 17.4. The fraction of sp³-hybridized carbons (Fsp3) is 0. The molecule has 10 heteroatoms. The van der Waals surface area contributed by atoms with Gasteiger partial charge in [-0.3, -0.25) is 9.82 Å². The zero-order valence-electron chi connectivity index (χ0n) is 9.12. The highest BCUT2D eigenvalue weighted by Gasteiger charge is 2.21. The van der Waals surface area contributed by atoms with Crippen molar-refractivity contribution in [2.24, 2.45) is 0 Å². The molecule has 0 radical (unpaired) electrons. The smallest absolute Gasteiger partial charge is 0.267 e. The third kappa shape index (κ3) is 2.89. The van der Waals surface area contributed by atoms with E-state index in [1.165, 1.54) is 12.1 Å². The van der Waals surface area contributed by atoms with Crippen LogP contribution >= 0.6 is 34.8 Å². The molecule has 1 aromatic heterocycles. The number of nitrogens with zero attached hydrogens (tertiary/aromatic N) is 1. The van der Waals surface area contributed by atoms with Crippen molar-refractivity contribution in [2.45, 2.75) is 4.90 Å². The van der Waals surface area contributed by atoms with E-state index in [9.17, 15) is 8.42 Å². The molecule has 102 valence electrons. The Morgan fingerprint density at radius 2 is 1.79 bits per heavy atom. The van der Waals surface area contributed by atoms with Gasteiger partial charge in [0.25, 0.3) is 10.0 Å². The molecule has 4 N–H and O–H groups in total. The lowest BCUT2D eigenvalue weighted by Crippen LogP contribution is -2.14. The van der Waals surface area contributed by atoms with Crippen molar-refractivity contribution < 1.29 is 8.42 Å². The van der Waals surface area contributed by atoms with Crippen molar-refractivity contribution in [1.82, 2.24) is 10.2 Å². The van der Waals surface area contributed by atoms with Crippen LogP contribution in [0.1, 0.15) is 0 Å². The van der Waals surface area contributed by atoms with Crippen LogP contribution in [0.5, 0.6) is 0 Å². The first-order valence-corrected chi connectivity index (χ1v) is 7.39. The third-order valence-electron chi connectivity index (χ3n) is 2.18. The van der Waals surface area contributed by atoms with Gasteiger partial charge in [0.1, 0.15) is 10.7 Å². The molecule has 0 amide bonds. The minimum atomic E-state index is -3.91. The number of benzene rings is 1. The van der Waals surface area contributed by atoms with Crippen molar-refractivity contribution in [2.75, 3.05) is 10.5 Å². The Bertz CT molecular complexity index is 729. The highest BCUT2D eigenvalue weighted by atomic mass is 35.5. The summed E-state index contributed by atoms with van der Waals surface area (Å²) in [7, 11) is -3.91. The number of nitrogens with one attached hydrogen (secondary N) is 2. The van der Waals surface area contributed by atoms with Crippen LogP contribution in [0.2, 0.25) is 15.1 Å². The van der Waals surface area contributed by atoms with Crippen molar-refractivity contribution in [3.63, 3.8) is 0 Å². The number of hydrogen-bond donors (Lipinski definition) is 3. The summed E-state index contributed by atoms with van der Waals surface area (Å²) in [4.78, 5) is -0.186. The van der Waals surface area contributed by atoms with Gasteiger partial charge < -0.3 is 5.73 Å². The SMILES string of the molecule is Nc1[nH]ncc1S(=O)(=O)Nc1cc(Cl)c(Cl)cc1Cl. The maximum absolute atomic E-state index is 12.0. The van der Waals surface area contributed by atoms with Crippen LogP contribution in [-0.2, 0) is 10.0 Å². The number of aromatic nitrogens is 2. The van der Waals surface area contributed by atoms with E-state index in [0.29, 0.717) is 0 Å². The second kappa shape index (κ2) is 5.09. The van der Waals surface area contributed by atoms with E-state index in [-0.39, 0.29) is 31.5 Å². The van der Waals surface area contributed by atoms with Crippen molar-refractivity contribution in [1.29, 1.82) is 0 Å². The van der Waals surface area contributed by atoms with Crippen LogP contribution in [0.3, 0.4) is 0 Å². The Morgan fingerprint density at radius 3 is 2.37 bits per heavy atom. The number of rotatable bonds is 3. The summed E-state index contributed by atoms with van der Waals surface area (Å²) in [6, 6.07) is 2.64. The van der Waals surface area contributed by atoms with Crippen LogP contribution in [0.4, 0.5) is 11.5 Å². The number of aromatic amines is 1. The predicted octanol–water partition coefficient (Wildman–Crippen LogP) is 2.75. The monoisotopic (exact) mass is 340 g/mol. The Morgan fingerprint density at radius 1 is 1.16 bits per heavy atom. The minimum absolute atomic E-state index is 0.0799. The van der Waals surface area contributed by atoms with Gasteiger partial charge in [0, 0.05) is 0 Å². The molecular formula is C9H7Cl3N4O2S. The molecule has 0 saturated heterocycles. The quantitative estimate of drug-likeness (QED) is 0.747. The second-order valence-corrected chi connectivity index (χ2v) is 6.37. The lowest BCUT2D eigenvalue weighted by atomic mass is 10.3. The molecule has 0 fully saturated rings. The molecule has 0 spiro atoms. The van der Waals surface area contributed by atoms with Gasteiger partial charge in [-0.25, -0.2) is 8.42 Å². The third-order valence-corrected chi connectivity index (χ3v) is 4.60. The standard InChI is InChI=1S/C9H7Cl3N4O2S/c10-4-1-6(12)7(2-5(4)11)16-19(17,18)8-3-14-15-9(8)13/h1-3,16H,(H3,13,14,15). The fourth-order valence-electron chi connectivity index (χ4n) is 1.30. The number of nitrogens with two attached hydrogens (primary N) is 1. The fourth-order valence-corrected chi connectivity index (χ4v) is 3.04. The van der Waals surface area contributed by atoms with Crippen molar-refractivity contribution in [3.8, 4) is 0 Å². The summed E-state index contributed by atoms with van der Waals surface area (Å²) in [5.41, 5.74) is 5.55. The second-order valence-electron chi connectivity index (χ2n) is 3.50. The van der Waals surface area contributed by atoms with Crippen molar-refractivity contribution in [3.05, 3.63) is 33.4 Å². The first kappa shape index (κ1) is 14.3. The number of nitrogen functional groups attached to an aromatic ring is 1. The zero-order chi connectivity index (χ0) is 14.2. The summed E-state index contributed by atoms with van der Waals surface area (Å²) in [6.07, 6.45) is 1.09. The van der Waals surface area contributed by atoms with Gasteiger partial charge in [-0.15, -0.1) is 0 Å². The molecule has 6 nitrogen and oxygen atoms in total. The maximum Gasteiger partial charge on any atom is 0.267 e. The van der Waals surface area contributed by atoms with Gasteiger partial charge in [-0.05, 0) is 12.1 Å². The number of sulfonamides is 1. The Hall–Kier alpha value is -1.15. The molecule has 0 saturated carbocycles. The van der Waals surface area contributed by atoms with Gasteiger partial charge in [-0.1, -0.05) is 34.8 Å². The number of halogens is 3. The lowest BCUT2D eigenvalue weighted by Gasteiger charge is -2.09. The molecular weight excluding hydrogens is 335 g/mol. The van der Waals surface area contributed by atoms with Crippen LogP contribution < -0.4 is 10.5 Å². The minimum Gasteiger partial charge on any atom is -0.383 e. The largest absolute Gasteiger partial charge is 0.383 e. The Labute approximate surface area is 123 Å². The molecule has 0 aliphatic heterocycles. The average Bonchev–Trinajstić information content (AvgIpc) is 2.73. The van der Waals surface area contributed by atoms with Gasteiger partial charge in [0.2, 0.25) is 0 Å². The van der Waals surface area contributed by atoms with Crippen molar-refractivity contribution >= 4 is 56.3 Å². The number of hydrogen-bond acceptors (Lipinski definition) is 4. The first-order valence-electron chi connectivity index (χ1n) is 4.77. The van der Waals surface area contributed by atoms with E-state index < -0.39 is 10.0 Å². The highest BCUT2D eigenvalue weighted by Crippen LogP contribution is 2.33. The molecule has 0 unspecified atom stereocenters. The number of anilines is 2. The van der Waals surface area contributed by atoms with E-state index in [1.54, 1.807) is 0 Å². The maximum atomic E-state index is 12.0. The average molecular weight is 342 g/mol. The molecule has 1 heterocycles. The summed E-state index contributed by atoms with van der Waals surface area (Å²) in [6.45, 7) is 0. The van der Waals surface area contributed by atoms with E-state index in [4.69, 9.17) is 40.5 Å². The number of H-pyrrole nitrogens is 1. The van der Waals surface area contributed by atoms with E-state index in [0.717, 1.165) is 6.20 Å². The van der Waals surface area contributed by atoms with E-state index >= 15 is 0 Å². The first-order chi connectivity index (χ1) is 8.81. The summed E-state index contributed by atoms with van der Waals surface area (Å²) in [5.74, 6) is -0.0799. The normalized spacial score (nSPS) is 11.5. The topological polar surface area (TPSA) is 101 Å². The molecule has 2 rings (SSSR count). The molecule has 1 aromatic carbocycles. The van der Waals surface area contributed by atoms with E-state index in [1.807, 2.05) is 0 Å². The predicted molar refractivity (Wildman–Crippen MR) is 75.3 cm³/mol. The Balaban J connectivity index is 2.42. The van der Waals surface area contributed by atoms with Crippen LogP contribution in [0.25, 0.3) is 0 Å². The van der Waals surface area contributed by atoms with Crippen LogP contribution in [0.15, 0.2) is 23.2 Å². The zero-order valence-corrected chi connectivity index (χ0v) is 12.2. The van der Waals surface area contributed by atoms with Crippen LogP contribution in [-0.4, -0.2) is 18.6 Å². The van der Waals surface area contributed by atoms with Gasteiger partial charge >= 0.3 is 0 Å². The van der Waals surface area contributed by atoms with Gasteiger partial charge in [0.05, 0.1) is 27.0 Å². The lowest BCUT2D eigenvalue weighted by molar-refractivity contribution is 0.601. The van der Waals surface area contributed by atoms with Crippen LogP contribution in [0, 0.1) is 0 Å². The van der Waals surface area contributed by atoms with Gasteiger partial charge in [0.15, 0.2) is 0 Å². The summed E-state index contributed by atoms with van der Waals surface area (Å²) < 4.78 is 26.3. The molecule has 2 aromatic rings. The molecule has 0 atom stereocenters. The molecule has 19 heavy (non-hydrogen) atoms. The molecule has 0 bridgehead atoms. The Kier molecular flexibility index (Phi) is 3.82. The molecule has 0 aliphatic rings.